The molecular formula is C25H42F10O3S. The van der Waals surface area contributed by atoms with E-state index in [4.69, 9.17) is 0 Å². The molecule has 0 spiro atoms. The molecule has 0 saturated carbocycles. The van der Waals surface area contributed by atoms with Gasteiger partial charge in [-0.2, -0.15) is 52.3 Å². The lowest BCUT2D eigenvalue weighted by atomic mass is 9.96. The summed E-state index contributed by atoms with van der Waals surface area (Å²) in [6.07, 6.45) is 10.9. The topological polar surface area (TPSA) is 43.4 Å². The molecule has 0 aromatic rings. The first-order valence-electron chi connectivity index (χ1n) is 13.7. The van der Waals surface area contributed by atoms with Crippen molar-refractivity contribution < 1.29 is 56.5 Å². The van der Waals surface area contributed by atoms with E-state index in [0.29, 0.717) is 6.42 Å². The number of hydrogen-bond acceptors (Lipinski definition) is 3. The predicted octanol–water partition coefficient (Wildman–Crippen LogP) is 10.1. The van der Waals surface area contributed by atoms with Gasteiger partial charge in [0, 0.05) is 6.42 Å². The van der Waals surface area contributed by atoms with Gasteiger partial charge in [0.25, 0.3) is 0 Å². The van der Waals surface area contributed by atoms with E-state index >= 15 is 0 Å². The minimum absolute atomic E-state index is 0.222. The highest BCUT2D eigenvalue weighted by atomic mass is 32.2. The third-order valence-corrected chi connectivity index (χ3v) is 7.84. The Hall–Kier alpha value is -0.790. The highest BCUT2D eigenvalue weighted by molar-refractivity contribution is 7.87. The van der Waals surface area contributed by atoms with E-state index in [9.17, 15) is 52.3 Å². The monoisotopic (exact) mass is 612 g/mol. The van der Waals surface area contributed by atoms with E-state index in [1.54, 1.807) is 0 Å². The van der Waals surface area contributed by atoms with Crippen molar-refractivity contribution in [3.05, 3.63) is 0 Å². The van der Waals surface area contributed by atoms with Crippen LogP contribution in [0, 0.1) is 0 Å². The first-order chi connectivity index (χ1) is 17.9. The Morgan fingerprint density at radius 2 is 0.846 bits per heavy atom. The molecule has 0 aromatic heterocycles. The summed E-state index contributed by atoms with van der Waals surface area (Å²) in [6, 6.07) is 0. The van der Waals surface area contributed by atoms with Crippen molar-refractivity contribution in [3.63, 3.8) is 0 Å². The van der Waals surface area contributed by atoms with Gasteiger partial charge < -0.3 is 0 Å². The van der Waals surface area contributed by atoms with Gasteiger partial charge in [0.05, 0.1) is 6.61 Å². The smallest absolute Gasteiger partial charge is 0.265 e. The molecule has 0 radical (unpaired) electrons. The molecule has 0 saturated heterocycles. The molecule has 39 heavy (non-hydrogen) atoms. The van der Waals surface area contributed by atoms with Gasteiger partial charge >= 0.3 is 39.1 Å². The molecule has 0 aliphatic heterocycles. The highest BCUT2D eigenvalue weighted by Gasteiger charge is 2.88. The molecule has 0 heterocycles. The largest absolute Gasteiger partial charge is 0.438 e. The standard InChI is InChI=1S/C25H42F10O3S/c1-3-5-6-7-8-9-10-11-12-13-14-15-16-17-18-20-38-39(36,37)25(34,35)24(32,33)23(30,31)22(28,29)21(26,27)19-4-2/h3-20H2,1-2H3. The van der Waals surface area contributed by atoms with Gasteiger partial charge in [0.2, 0.25) is 0 Å². The van der Waals surface area contributed by atoms with Gasteiger partial charge in [-0.15, -0.1) is 0 Å². The zero-order chi connectivity index (χ0) is 30.4. The Morgan fingerprint density at radius 1 is 0.487 bits per heavy atom. The van der Waals surface area contributed by atoms with Crippen molar-refractivity contribution in [1.82, 2.24) is 0 Å². The normalized spacial score (nSPS) is 14.3. The summed E-state index contributed by atoms with van der Waals surface area (Å²) < 4.78 is 164. The fourth-order valence-electron chi connectivity index (χ4n) is 3.95. The van der Waals surface area contributed by atoms with Crippen molar-refractivity contribution >= 4 is 10.1 Å². The zero-order valence-electron chi connectivity index (χ0n) is 22.6. The Kier molecular flexibility index (Phi) is 16.3. The number of halogens is 10. The number of hydrogen-bond donors (Lipinski definition) is 0. The van der Waals surface area contributed by atoms with Crippen LogP contribution in [0.1, 0.15) is 123 Å². The molecule has 0 amide bonds. The molecule has 0 N–H and O–H groups in total. The SMILES string of the molecule is CCCCCCCCCCCCCCCCCOS(=O)(=O)C(F)(F)C(F)(F)C(F)(F)C(F)(F)C(F)(F)CCC. The van der Waals surface area contributed by atoms with Crippen LogP contribution in [-0.4, -0.2) is 44.0 Å². The van der Waals surface area contributed by atoms with Gasteiger partial charge in [-0.25, -0.2) is 0 Å². The Bertz CT molecular complexity index is 774. The van der Waals surface area contributed by atoms with E-state index in [0.717, 1.165) is 45.4 Å². The maximum Gasteiger partial charge on any atom is 0.438 e. The summed E-state index contributed by atoms with van der Waals surface area (Å²) in [6.45, 7) is 1.90. The van der Waals surface area contributed by atoms with Crippen molar-refractivity contribution in [2.24, 2.45) is 0 Å². The average molecular weight is 613 g/mol. The minimum atomic E-state index is -7.42. The highest BCUT2D eigenvalue weighted by Crippen LogP contribution is 2.59. The van der Waals surface area contributed by atoms with Crippen molar-refractivity contribution in [1.29, 1.82) is 0 Å². The summed E-state index contributed by atoms with van der Waals surface area (Å²) in [7, 11) is -6.88. The number of rotatable bonds is 24. The molecule has 0 unspecified atom stereocenters. The molecule has 0 rings (SSSR count). The minimum Gasteiger partial charge on any atom is -0.265 e. The summed E-state index contributed by atoms with van der Waals surface area (Å²) in [5.74, 6) is -27.6. The van der Waals surface area contributed by atoms with Crippen LogP contribution in [0.25, 0.3) is 0 Å². The summed E-state index contributed by atoms with van der Waals surface area (Å²) in [5.41, 5.74) is 0. The third-order valence-electron chi connectivity index (χ3n) is 6.48. The maximum atomic E-state index is 14.0. The Morgan fingerprint density at radius 3 is 1.21 bits per heavy atom. The predicted molar refractivity (Wildman–Crippen MR) is 129 cm³/mol. The second-order valence-corrected chi connectivity index (χ2v) is 11.6. The summed E-state index contributed by atoms with van der Waals surface area (Å²) >= 11 is 0. The quantitative estimate of drug-likeness (QED) is 0.0619. The Balaban J connectivity index is 4.55. The fourth-order valence-corrected chi connectivity index (χ4v) is 4.88. The first-order valence-corrected chi connectivity index (χ1v) is 15.1. The van der Waals surface area contributed by atoms with E-state index < -0.39 is 58.5 Å². The molecule has 14 heteroatoms. The maximum absolute atomic E-state index is 14.0. The zero-order valence-corrected chi connectivity index (χ0v) is 23.5. The fraction of sp³-hybridized carbons (Fsp3) is 1.00. The Labute approximate surface area is 225 Å². The van der Waals surface area contributed by atoms with Gasteiger partial charge in [0.15, 0.2) is 0 Å². The van der Waals surface area contributed by atoms with Crippen LogP contribution in [0.4, 0.5) is 43.9 Å². The number of alkyl halides is 10. The summed E-state index contributed by atoms with van der Waals surface area (Å²) in [5, 5.41) is -6.91. The van der Waals surface area contributed by atoms with Gasteiger partial charge in [-0.05, 0) is 6.42 Å². The van der Waals surface area contributed by atoms with Crippen LogP contribution in [0.5, 0.6) is 0 Å². The third kappa shape index (κ3) is 10.2. The summed E-state index contributed by atoms with van der Waals surface area (Å²) in [4.78, 5) is 0. The van der Waals surface area contributed by atoms with E-state index in [2.05, 4.69) is 11.1 Å². The van der Waals surface area contributed by atoms with Crippen molar-refractivity contribution in [2.75, 3.05) is 6.61 Å². The van der Waals surface area contributed by atoms with Crippen LogP contribution in [0.2, 0.25) is 0 Å². The lowest BCUT2D eigenvalue weighted by Gasteiger charge is -2.38. The molecule has 0 bridgehead atoms. The van der Waals surface area contributed by atoms with Crippen LogP contribution in [0.15, 0.2) is 0 Å². The van der Waals surface area contributed by atoms with Gasteiger partial charge in [-0.3, -0.25) is 4.18 Å². The molecule has 0 aromatic carbocycles. The van der Waals surface area contributed by atoms with E-state index in [1.165, 1.54) is 38.5 Å². The van der Waals surface area contributed by atoms with Crippen LogP contribution in [-0.2, 0) is 14.3 Å². The van der Waals surface area contributed by atoms with E-state index in [1.807, 2.05) is 0 Å². The van der Waals surface area contributed by atoms with Crippen LogP contribution < -0.4 is 0 Å². The van der Waals surface area contributed by atoms with Crippen molar-refractivity contribution in [3.8, 4) is 0 Å². The molecule has 3 nitrogen and oxygen atoms in total. The lowest BCUT2D eigenvalue weighted by Crippen LogP contribution is -2.68. The van der Waals surface area contributed by atoms with Gasteiger partial charge in [-0.1, -0.05) is 110 Å². The molecule has 0 fully saturated rings. The lowest BCUT2D eigenvalue weighted by molar-refractivity contribution is -0.390. The van der Waals surface area contributed by atoms with Crippen molar-refractivity contribution in [2.45, 2.75) is 152 Å². The molecule has 0 atom stereocenters. The number of unbranched alkanes of at least 4 members (excludes halogenated alkanes) is 14. The first kappa shape index (κ1) is 38.2. The average Bonchev–Trinajstić information content (AvgIpc) is 2.83. The molecule has 236 valence electrons. The van der Waals surface area contributed by atoms with Crippen LogP contribution >= 0.6 is 0 Å². The van der Waals surface area contributed by atoms with E-state index in [-0.39, 0.29) is 12.8 Å². The van der Waals surface area contributed by atoms with Gasteiger partial charge in [0.1, 0.15) is 0 Å². The second kappa shape index (κ2) is 16.6. The molecule has 0 aliphatic rings. The van der Waals surface area contributed by atoms with Crippen LogP contribution in [0.3, 0.4) is 0 Å². The second-order valence-electron chi connectivity index (χ2n) is 9.92. The molecular weight excluding hydrogens is 570 g/mol. The molecule has 0 aliphatic carbocycles.